The van der Waals surface area contributed by atoms with Crippen molar-refractivity contribution in [3.05, 3.63) is 89.0 Å². The number of carbonyl (C=O) groups is 2. The van der Waals surface area contributed by atoms with Gasteiger partial charge in [-0.15, -0.1) is 0 Å². The van der Waals surface area contributed by atoms with E-state index in [0.29, 0.717) is 56.0 Å². The van der Waals surface area contributed by atoms with Gasteiger partial charge in [0.1, 0.15) is 0 Å². The summed E-state index contributed by atoms with van der Waals surface area (Å²) in [5.41, 5.74) is 1.79. The molecule has 7 nitrogen and oxygen atoms in total. The Morgan fingerprint density at radius 2 is 1.57 bits per heavy atom. The van der Waals surface area contributed by atoms with E-state index in [1.807, 2.05) is 36.4 Å². The molecule has 1 aliphatic rings. The number of nitrogens with zero attached hydrogens (tertiary/aromatic N) is 1. The summed E-state index contributed by atoms with van der Waals surface area (Å²) in [5, 5.41) is 5.91. The largest absolute Gasteiger partial charge is 0.493 e. The number of piperidine rings is 1. The Labute approximate surface area is 231 Å². The highest BCUT2D eigenvalue weighted by Crippen LogP contribution is 2.30. The van der Waals surface area contributed by atoms with E-state index in [9.17, 15) is 22.8 Å². The standard InChI is InChI=1S/C30H32F3N3O4/c1-39-26-12-7-20(19-27(26)40-2)13-16-34-29(38)24-5-3-4-6-25(24)36-17-14-23(15-18-36)35-28(37)21-8-10-22(11-9-21)30(31,32)33/h3-12,19,23H,13-18H2,1-2H3,(H,34,38)(H,35,37). The first-order chi connectivity index (χ1) is 19.2. The number of ether oxygens (including phenoxy) is 2. The molecule has 0 radical (unpaired) electrons. The fourth-order valence-electron chi connectivity index (χ4n) is 4.74. The summed E-state index contributed by atoms with van der Waals surface area (Å²) in [5.74, 6) is 0.706. The molecular formula is C30H32F3N3O4. The number of carbonyl (C=O) groups excluding carboxylic acids is 2. The topological polar surface area (TPSA) is 79.9 Å². The second-order valence-corrected chi connectivity index (χ2v) is 9.52. The third-order valence-corrected chi connectivity index (χ3v) is 6.94. The summed E-state index contributed by atoms with van der Waals surface area (Å²) in [7, 11) is 3.16. The van der Waals surface area contributed by atoms with Crippen LogP contribution in [0.15, 0.2) is 66.7 Å². The lowest BCUT2D eigenvalue weighted by Gasteiger charge is -2.35. The van der Waals surface area contributed by atoms with Crippen LogP contribution in [-0.4, -0.2) is 51.7 Å². The number of alkyl halides is 3. The maximum atomic E-state index is 13.1. The van der Waals surface area contributed by atoms with Crippen LogP contribution in [0.1, 0.15) is 44.7 Å². The van der Waals surface area contributed by atoms with Gasteiger partial charge in [0.25, 0.3) is 11.8 Å². The average molecular weight is 556 g/mol. The first-order valence-corrected chi connectivity index (χ1v) is 13.0. The molecule has 0 aromatic heterocycles. The molecule has 1 aliphatic heterocycles. The number of halogens is 3. The normalized spacial score (nSPS) is 14.0. The van der Waals surface area contributed by atoms with E-state index in [1.165, 1.54) is 12.1 Å². The fourth-order valence-corrected chi connectivity index (χ4v) is 4.74. The number of hydrogen-bond donors (Lipinski definition) is 2. The molecular weight excluding hydrogens is 523 g/mol. The average Bonchev–Trinajstić information content (AvgIpc) is 2.97. The highest BCUT2D eigenvalue weighted by Gasteiger charge is 2.30. The number of amides is 2. The van der Waals surface area contributed by atoms with Gasteiger partial charge in [-0.2, -0.15) is 13.2 Å². The number of anilines is 1. The maximum absolute atomic E-state index is 13.1. The van der Waals surface area contributed by atoms with Crippen molar-refractivity contribution in [1.82, 2.24) is 10.6 Å². The van der Waals surface area contributed by atoms with E-state index in [4.69, 9.17) is 9.47 Å². The molecule has 3 aromatic carbocycles. The van der Waals surface area contributed by atoms with E-state index in [-0.39, 0.29) is 17.5 Å². The first kappa shape index (κ1) is 28.8. The Morgan fingerprint density at radius 3 is 2.23 bits per heavy atom. The third kappa shape index (κ3) is 7.05. The van der Waals surface area contributed by atoms with Crippen LogP contribution in [0.2, 0.25) is 0 Å². The fraction of sp³-hybridized carbons (Fsp3) is 0.333. The van der Waals surface area contributed by atoms with E-state index >= 15 is 0 Å². The van der Waals surface area contributed by atoms with Crippen LogP contribution in [0.25, 0.3) is 0 Å². The lowest BCUT2D eigenvalue weighted by Crippen LogP contribution is -2.45. The zero-order valence-electron chi connectivity index (χ0n) is 22.4. The van der Waals surface area contributed by atoms with E-state index in [2.05, 4.69) is 15.5 Å². The predicted octanol–water partition coefficient (Wildman–Crippen LogP) is 5.09. The van der Waals surface area contributed by atoms with Crippen LogP contribution < -0.4 is 25.0 Å². The van der Waals surface area contributed by atoms with Gasteiger partial charge >= 0.3 is 6.18 Å². The molecule has 0 unspecified atom stereocenters. The Bertz CT molecular complexity index is 1320. The summed E-state index contributed by atoms with van der Waals surface area (Å²) < 4.78 is 49.0. The summed E-state index contributed by atoms with van der Waals surface area (Å²) in [6.07, 6.45) is -2.54. The van der Waals surface area contributed by atoms with Crippen LogP contribution in [0.3, 0.4) is 0 Å². The van der Waals surface area contributed by atoms with Crippen LogP contribution in [0.4, 0.5) is 18.9 Å². The molecule has 10 heteroatoms. The molecule has 4 rings (SSSR count). The summed E-state index contributed by atoms with van der Waals surface area (Å²) >= 11 is 0. The molecule has 0 atom stereocenters. The number of rotatable bonds is 9. The molecule has 1 heterocycles. The summed E-state index contributed by atoms with van der Waals surface area (Å²) in [6.45, 7) is 1.68. The van der Waals surface area contributed by atoms with Gasteiger partial charge in [-0.05, 0) is 73.4 Å². The number of para-hydroxylation sites is 1. The van der Waals surface area contributed by atoms with Crippen molar-refractivity contribution in [3.8, 4) is 11.5 Å². The van der Waals surface area contributed by atoms with Gasteiger partial charge in [0.05, 0.1) is 25.3 Å². The molecule has 2 amide bonds. The molecule has 0 aliphatic carbocycles. The van der Waals surface area contributed by atoms with Crippen molar-refractivity contribution in [2.75, 3.05) is 38.8 Å². The molecule has 0 saturated carbocycles. The number of methoxy groups -OCH3 is 2. The second-order valence-electron chi connectivity index (χ2n) is 9.52. The highest BCUT2D eigenvalue weighted by molar-refractivity contribution is 6.00. The predicted molar refractivity (Wildman–Crippen MR) is 146 cm³/mol. The van der Waals surface area contributed by atoms with Gasteiger partial charge < -0.3 is 25.0 Å². The Hall–Kier alpha value is -4.21. The molecule has 2 N–H and O–H groups in total. The van der Waals surface area contributed by atoms with Crippen LogP contribution >= 0.6 is 0 Å². The van der Waals surface area contributed by atoms with Gasteiger partial charge in [-0.1, -0.05) is 18.2 Å². The molecule has 40 heavy (non-hydrogen) atoms. The summed E-state index contributed by atoms with van der Waals surface area (Å²) in [4.78, 5) is 27.7. The SMILES string of the molecule is COc1ccc(CCNC(=O)c2ccccc2N2CCC(NC(=O)c3ccc(C(F)(F)F)cc3)CC2)cc1OC. The quantitative estimate of drug-likeness (QED) is 0.385. The van der Waals surface area contributed by atoms with Crippen molar-refractivity contribution < 1.29 is 32.2 Å². The highest BCUT2D eigenvalue weighted by atomic mass is 19.4. The third-order valence-electron chi connectivity index (χ3n) is 6.94. The first-order valence-electron chi connectivity index (χ1n) is 13.0. The zero-order valence-corrected chi connectivity index (χ0v) is 22.4. The minimum absolute atomic E-state index is 0.117. The monoisotopic (exact) mass is 555 g/mol. The van der Waals surface area contributed by atoms with Crippen LogP contribution in [-0.2, 0) is 12.6 Å². The van der Waals surface area contributed by atoms with Crippen molar-refractivity contribution in [1.29, 1.82) is 0 Å². The summed E-state index contributed by atoms with van der Waals surface area (Å²) in [6, 6.07) is 17.1. The Balaban J connectivity index is 1.30. The molecule has 1 fully saturated rings. The van der Waals surface area contributed by atoms with E-state index in [0.717, 1.165) is 23.4 Å². The van der Waals surface area contributed by atoms with Gasteiger partial charge in [0.2, 0.25) is 0 Å². The van der Waals surface area contributed by atoms with Crippen molar-refractivity contribution >= 4 is 17.5 Å². The van der Waals surface area contributed by atoms with Crippen molar-refractivity contribution in [2.24, 2.45) is 0 Å². The molecule has 1 saturated heterocycles. The smallest absolute Gasteiger partial charge is 0.416 e. The molecule has 0 spiro atoms. The van der Waals surface area contributed by atoms with Crippen LogP contribution in [0, 0.1) is 0 Å². The van der Waals surface area contributed by atoms with Crippen molar-refractivity contribution in [2.45, 2.75) is 31.5 Å². The lowest BCUT2D eigenvalue weighted by atomic mass is 10.0. The second kappa shape index (κ2) is 12.8. The number of hydrogen-bond acceptors (Lipinski definition) is 5. The maximum Gasteiger partial charge on any atom is 0.416 e. The van der Waals surface area contributed by atoms with Gasteiger partial charge in [0, 0.05) is 36.9 Å². The molecule has 0 bridgehead atoms. The number of nitrogens with one attached hydrogen (secondary N) is 2. The minimum atomic E-state index is -4.44. The number of benzene rings is 3. The van der Waals surface area contributed by atoms with E-state index in [1.54, 1.807) is 20.3 Å². The molecule has 212 valence electrons. The lowest BCUT2D eigenvalue weighted by molar-refractivity contribution is -0.137. The van der Waals surface area contributed by atoms with Gasteiger partial charge in [-0.25, -0.2) is 0 Å². The van der Waals surface area contributed by atoms with Gasteiger partial charge in [-0.3, -0.25) is 9.59 Å². The van der Waals surface area contributed by atoms with Crippen molar-refractivity contribution in [3.63, 3.8) is 0 Å². The van der Waals surface area contributed by atoms with Crippen LogP contribution in [0.5, 0.6) is 11.5 Å². The van der Waals surface area contributed by atoms with E-state index < -0.39 is 17.6 Å². The zero-order chi connectivity index (χ0) is 28.7. The Kier molecular flexibility index (Phi) is 9.19. The van der Waals surface area contributed by atoms with Gasteiger partial charge in [0.15, 0.2) is 11.5 Å². The minimum Gasteiger partial charge on any atom is -0.493 e. The molecule has 3 aromatic rings. The Morgan fingerprint density at radius 1 is 0.900 bits per heavy atom.